The smallest absolute Gasteiger partial charge is 0.326 e. The fraction of sp³-hybridized carbons (Fsp3) is 0.333. The van der Waals surface area contributed by atoms with Gasteiger partial charge in [-0.2, -0.15) is 0 Å². The molecule has 6 heteroatoms. The van der Waals surface area contributed by atoms with Gasteiger partial charge in [0.05, 0.1) is 0 Å². The molecule has 98 valence electrons. The molecule has 0 bridgehead atoms. The fourth-order valence-corrected chi connectivity index (χ4v) is 1.73. The molecule has 0 saturated heterocycles. The summed E-state index contributed by atoms with van der Waals surface area (Å²) >= 11 is 5.77. The maximum absolute atomic E-state index is 11.9. The van der Waals surface area contributed by atoms with Crippen molar-refractivity contribution >= 4 is 23.5 Å². The minimum atomic E-state index is -1.18. The molecule has 0 heterocycles. The lowest BCUT2D eigenvalue weighted by Crippen LogP contribution is -2.41. The van der Waals surface area contributed by atoms with Gasteiger partial charge in [-0.15, -0.1) is 0 Å². The van der Waals surface area contributed by atoms with Gasteiger partial charge >= 0.3 is 5.97 Å². The quantitative estimate of drug-likeness (QED) is 0.751. The zero-order chi connectivity index (χ0) is 13.7. The number of aliphatic hydroxyl groups excluding tert-OH is 1. The zero-order valence-corrected chi connectivity index (χ0v) is 10.6. The molecule has 1 amide bonds. The van der Waals surface area contributed by atoms with Gasteiger partial charge in [0, 0.05) is 23.6 Å². The van der Waals surface area contributed by atoms with E-state index in [1.54, 1.807) is 19.1 Å². The SMILES string of the molecule is Cc1cc(Cl)ccc1C(=O)N[C@H](CCO)C(=O)O. The third-order valence-electron chi connectivity index (χ3n) is 2.45. The molecular weight excluding hydrogens is 258 g/mol. The first-order valence-electron chi connectivity index (χ1n) is 5.36. The maximum Gasteiger partial charge on any atom is 0.326 e. The number of carbonyl (C=O) groups excluding carboxylic acids is 1. The lowest BCUT2D eigenvalue weighted by Gasteiger charge is -2.14. The van der Waals surface area contributed by atoms with Crippen LogP contribution >= 0.6 is 11.6 Å². The van der Waals surface area contributed by atoms with Gasteiger partial charge in [0.1, 0.15) is 6.04 Å². The van der Waals surface area contributed by atoms with Crippen molar-refractivity contribution in [2.24, 2.45) is 0 Å². The number of carbonyl (C=O) groups is 2. The first-order valence-corrected chi connectivity index (χ1v) is 5.74. The van der Waals surface area contributed by atoms with Crippen molar-refractivity contribution in [2.75, 3.05) is 6.61 Å². The van der Waals surface area contributed by atoms with E-state index in [-0.39, 0.29) is 13.0 Å². The van der Waals surface area contributed by atoms with Crippen LogP contribution in [0.3, 0.4) is 0 Å². The Hall–Kier alpha value is -1.59. The number of carboxylic acids is 1. The van der Waals surface area contributed by atoms with E-state index in [2.05, 4.69) is 5.32 Å². The van der Waals surface area contributed by atoms with E-state index in [4.69, 9.17) is 21.8 Å². The van der Waals surface area contributed by atoms with Gasteiger partial charge in [-0.1, -0.05) is 11.6 Å². The summed E-state index contributed by atoms with van der Waals surface area (Å²) in [4.78, 5) is 22.7. The number of aliphatic carboxylic acids is 1. The number of amides is 1. The molecule has 5 nitrogen and oxygen atoms in total. The second kappa shape index (κ2) is 6.37. The summed E-state index contributed by atoms with van der Waals surface area (Å²) in [5, 5.41) is 20.5. The zero-order valence-electron chi connectivity index (χ0n) is 9.81. The van der Waals surface area contributed by atoms with Crippen molar-refractivity contribution in [1.82, 2.24) is 5.32 Å². The standard InChI is InChI=1S/C12H14ClNO4/c1-7-6-8(13)2-3-9(7)11(16)14-10(4-5-15)12(17)18/h2-3,6,10,15H,4-5H2,1H3,(H,14,16)(H,17,18)/t10-/m1/s1. The van der Waals surface area contributed by atoms with Crippen LogP contribution in [-0.2, 0) is 4.79 Å². The van der Waals surface area contributed by atoms with Crippen LogP contribution in [0.2, 0.25) is 5.02 Å². The molecule has 1 aromatic carbocycles. The summed E-state index contributed by atoms with van der Waals surface area (Å²) in [7, 11) is 0. The van der Waals surface area contributed by atoms with E-state index in [9.17, 15) is 9.59 Å². The van der Waals surface area contributed by atoms with Crippen molar-refractivity contribution in [3.05, 3.63) is 34.3 Å². The van der Waals surface area contributed by atoms with Crippen molar-refractivity contribution in [1.29, 1.82) is 0 Å². The molecular formula is C12H14ClNO4. The van der Waals surface area contributed by atoms with Gasteiger partial charge in [-0.05, 0) is 30.7 Å². The number of aryl methyl sites for hydroxylation is 1. The maximum atomic E-state index is 11.9. The summed E-state index contributed by atoms with van der Waals surface area (Å²) in [5.41, 5.74) is 1.02. The molecule has 0 fully saturated rings. The van der Waals surface area contributed by atoms with Crippen LogP contribution < -0.4 is 5.32 Å². The molecule has 0 radical (unpaired) electrons. The molecule has 0 spiro atoms. The first kappa shape index (κ1) is 14.5. The number of rotatable bonds is 5. The van der Waals surface area contributed by atoms with Gasteiger partial charge in [0.25, 0.3) is 5.91 Å². The van der Waals surface area contributed by atoms with Crippen LogP contribution in [0, 0.1) is 6.92 Å². The topological polar surface area (TPSA) is 86.6 Å². The molecule has 0 aliphatic heterocycles. The number of carboxylic acid groups (broad SMARTS) is 1. The Balaban J connectivity index is 2.83. The van der Waals surface area contributed by atoms with Crippen LogP contribution in [-0.4, -0.2) is 34.7 Å². The van der Waals surface area contributed by atoms with Crippen LogP contribution in [0.15, 0.2) is 18.2 Å². The summed E-state index contributed by atoms with van der Waals surface area (Å²) in [6, 6.07) is 3.62. The average molecular weight is 272 g/mol. The van der Waals surface area contributed by atoms with Crippen molar-refractivity contribution < 1.29 is 19.8 Å². The second-order valence-electron chi connectivity index (χ2n) is 3.84. The summed E-state index contributed by atoms with van der Waals surface area (Å²) < 4.78 is 0. The van der Waals surface area contributed by atoms with E-state index in [1.807, 2.05) is 0 Å². The second-order valence-corrected chi connectivity index (χ2v) is 4.27. The van der Waals surface area contributed by atoms with Gasteiger partial charge in [-0.3, -0.25) is 4.79 Å². The number of halogens is 1. The molecule has 3 N–H and O–H groups in total. The summed E-state index contributed by atoms with van der Waals surface area (Å²) in [6.45, 7) is 1.40. The number of benzene rings is 1. The van der Waals surface area contributed by atoms with Crippen molar-refractivity contribution in [3.8, 4) is 0 Å². The minimum Gasteiger partial charge on any atom is -0.480 e. The molecule has 0 aliphatic rings. The number of nitrogens with one attached hydrogen (secondary N) is 1. The Labute approximate surface area is 109 Å². The molecule has 0 aliphatic carbocycles. The average Bonchev–Trinajstić information content (AvgIpc) is 2.27. The number of hydrogen-bond acceptors (Lipinski definition) is 3. The predicted octanol–water partition coefficient (Wildman–Crippen LogP) is 1.21. The number of hydrogen-bond donors (Lipinski definition) is 3. The monoisotopic (exact) mass is 271 g/mol. The van der Waals surface area contributed by atoms with Crippen molar-refractivity contribution in [3.63, 3.8) is 0 Å². The Morgan fingerprint density at radius 1 is 1.44 bits per heavy atom. The Kier molecular flexibility index (Phi) is 5.12. The van der Waals surface area contributed by atoms with E-state index in [1.165, 1.54) is 6.07 Å². The van der Waals surface area contributed by atoms with E-state index in [0.717, 1.165) is 0 Å². The third kappa shape index (κ3) is 3.72. The summed E-state index contributed by atoms with van der Waals surface area (Å²) in [5.74, 6) is -1.67. The highest BCUT2D eigenvalue weighted by atomic mass is 35.5. The van der Waals surface area contributed by atoms with Crippen molar-refractivity contribution in [2.45, 2.75) is 19.4 Å². The highest BCUT2D eigenvalue weighted by Crippen LogP contribution is 2.15. The van der Waals surface area contributed by atoms with Gasteiger partial charge in [0.15, 0.2) is 0 Å². The van der Waals surface area contributed by atoms with Crippen LogP contribution in [0.1, 0.15) is 22.3 Å². The molecule has 18 heavy (non-hydrogen) atoms. The van der Waals surface area contributed by atoms with E-state index >= 15 is 0 Å². The van der Waals surface area contributed by atoms with Gasteiger partial charge in [0.2, 0.25) is 0 Å². The lowest BCUT2D eigenvalue weighted by molar-refractivity contribution is -0.139. The summed E-state index contributed by atoms with van der Waals surface area (Å²) in [6.07, 6.45) is -0.0340. The van der Waals surface area contributed by atoms with E-state index < -0.39 is 17.9 Å². The van der Waals surface area contributed by atoms with Crippen LogP contribution in [0.4, 0.5) is 0 Å². The lowest BCUT2D eigenvalue weighted by atomic mass is 10.1. The third-order valence-corrected chi connectivity index (χ3v) is 2.69. The first-order chi connectivity index (χ1) is 8.45. The highest BCUT2D eigenvalue weighted by Gasteiger charge is 2.20. The van der Waals surface area contributed by atoms with E-state index in [0.29, 0.717) is 16.1 Å². The van der Waals surface area contributed by atoms with Crippen LogP contribution in [0.5, 0.6) is 0 Å². The Morgan fingerprint density at radius 2 is 2.11 bits per heavy atom. The molecule has 1 atom stereocenters. The Morgan fingerprint density at radius 3 is 2.61 bits per heavy atom. The normalized spacial score (nSPS) is 11.9. The fourth-order valence-electron chi connectivity index (χ4n) is 1.50. The molecule has 1 aromatic rings. The highest BCUT2D eigenvalue weighted by molar-refractivity contribution is 6.30. The molecule has 0 unspecified atom stereocenters. The molecule has 1 rings (SSSR count). The molecule has 0 aromatic heterocycles. The number of aliphatic hydroxyl groups is 1. The largest absolute Gasteiger partial charge is 0.480 e. The molecule has 0 saturated carbocycles. The van der Waals surface area contributed by atoms with Gasteiger partial charge in [-0.25, -0.2) is 4.79 Å². The predicted molar refractivity (Wildman–Crippen MR) is 66.8 cm³/mol. The van der Waals surface area contributed by atoms with Crippen LogP contribution in [0.25, 0.3) is 0 Å². The minimum absolute atomic E-state index is 0.0340. The van der Waals surface area contributed by atoms with Gasteiger partial charge < -0.3 is 15.5 Å². The Bertz CT molecular complexity index is 461.